The van der Waals surface area contributed by atoms with Crippen LogP contribution >= 0.6 is 0 Å². The fourth-order valence-electron chi connectivity index (χ4n) is 2.25. The quantitative estimate of drug-likeness (QED) is 0.740. The minimum atomic E-state index is -0.759. The van der Waals surface area contributed by atoms with Crippen LogP contribution in [0.1, 0.15) is 13.3 Å². The number of carbonyl (C=O) groups is 1. The number of nitrogens with zero attached hydrogens (tertiary/aromatic N) is 2. The molecule has 3 aromatic rings. The highest BCUT2D eigenvalue weighted by Crippen LogP contribution is 2.24. The van der Waals surface area contributed by atoms with Gasteiger partial charge in [-0.05, 0) is 41.0 Å². The van der Waals surface area contributed by atoms with Gasteiger partial charge in [-0.25, -0.2) is 9.02 Å². The predicted octanol–water partition coefficient (Wildman–Crippen LogP) is 3.67. The second-order valence-electron chi connectivity index (χ2n) is 5.29. The third-order valence-electron chi connectivity index (χ3n) is 3.53. The van der Waals surface area contributed by atoms with Gasteiger partial charge >= 0.3 is 0 Å². The van der Waals surface area contributed by atoms with E-state index in [2.05, 4.69) is 15.6 Å². The summed E-state index contributed by atoms with van der Waals surface area (Å²) in [5.74, 6) is -0.131. The molecule has 25 heavy (non-hydrogen) atoms. The smallest absolute Gasteiger partial charge is 0.266 e. The molecule has 1 heterocycles. The molecular formula is C18H16FN3O3. The molecular weight excluding hydrogens is 325 g/mol. The Bertz CT molecular complexity index is 834. The Kier molecular flexibility index (Phi) is 5.03. The molecule has 1 atom stereocenters. The molecule has 6 nitrogen and oxygen atoms in total. The minimum Gasteiger partial charge on any atom is -0.481 e. The number of ether oxygens (including phenoxy) is 1. The summed E-state index contributed by atoms with van der Waals surface area (Å²) >= 11 is 0. The average Bonchev–Trinajstić information content (AvgIpc) is 3.10. The van der Waals surface area contributed by atoms with Crippen molar-refractivity contribution in [1.82, 2.24) is 10.3 Å². The van der Waals surface area contributed by atoms with E-state index in [1.807, 2.05) is 37.3 Å². The first-order valence-electron chi connectivity index (χ1n) is 7.78. The Labute approximate surface area is 143 Å². The molecule has 1 unspecified atom stereocenters. The van der Waals surface area contributed by atoms with Gasteiger partial charge in [0, 0.05) is 5.56 Å². The molecule has 128 valence electrons. The van der Waals surface area contributed by atoms with Gasteiger partial charge in [-0.2, -0.15) is 0 Å². The molecule has 0 saturated carbocycles. The van der Waals surface area contributed by atoms with E-state index in [9.17, 15) is 9.18 Å². The summed E-state index contributed by atoms with van der Waals surface area (Å²) in [5.41, 5.74) is 1.21. The standard InChI is InChI=1S/C18H16FN3O3/c1-2-15(24-14-10-8-13(19)9-11-14)18(23)20-17-16(21-25-22-17)12-6-4-3-5-7-12/h3-11,15H,2H2,1H3,(H,20,22,23). The van der Waals surface area contributed by atoms with E-state index in [4.69, 9.17) is 9.37 Å². The summed E-state index contributed by atoms with van der Waals surface area (Å²) in [6.45, 7) is 1.81. The van der Waals surface area contributed by atoms with Crippen molar-refractivity contribution in [1.29, 1.82) is 0 Å². The average molecular weight is 341 g/mol. The molecule has 0 aliphatic heterocycles. The molecule has 0 fully saturated rings. The zero-order chi connectivity index (χ0) is 17.6. The van der Waals surface area contributed by atoms with Crippen LogP contribution in [0.5, 0.6) is 5.75 Å². The maximum Gasteiger partial charge on any atom is 0.266 e. The second kappa shape index (κ2) is 7.57. The normalized spacial score (nSPS) is 11.8. The first-order valence-corrected chi connectivity index (χ1v) is 7.78. The highest BCUT2D eigenvalue weighted by Gasteiger charge is 2.22. The molecule has 1 amide bonds. The molecule has 0 aliphatic rings. The van der Waals surface area contributed by atoms with Gasteiger partial charge in [0.05, 0.1) is 0 Å². The van der Waals surface area contributed by atoms with Crippen LogP contribution in [0.3, 0.4) is 0 Å². The van der Waals surface area contributed by atoms with Crippen LogP contribution in [0.25, 0.3) is 11.3 Å². The maximum absolute atomic E-state index is 13.0. The minimum absolute atomic E-state index is 0.220. The van der Waals surface area contributed by atoms with E-state index >= 15 is 0 Å². The highest BCUT2D eigenvalue weighted by molar-refractivity contribution is 5.96. The molecule has 1 aromatic heterocycles. The molecule has 7 heteroatoms. The maximum atomic E-state index is 13.0. The highest BCUT2D eigenvalue weighted by atomic mass is 19.1. The number of carbonyl (C=O) groups excluding carboxylic acids is 1. The molecule has 0 bridgehead atoms. The number of rotatable bonds is 6. The van der Waals surface area contributed by atoms with Crippen molar-refractivity contribution >= 4 is 11.7 Å². The Balaban J connectivity index is 1.73. The lowest BCUT2D eigenvalue weighted by Crippen LogP contribution is -2.32. The Morgan fingerprint density at radius 2 is 1.88 bits per heavy atom. The summed E-state index contributed by atoms with van der Waals surface area (Å²) in [6, 6.07) is 14.7. The lowest BCUT2D eigenvalue weighted by atomic mass is 10.1. The number of anilines is 1. The third-order valence-corrected chi connectivity index (χ3v) is 3.53. The third kappa shape index (κ3) is 4.00. The summed E-state index contributed by atoms with van der Waals surface area (Å²) < 4.78 is 23.3. The van der Waals surface area contributed by atoms with E-state index in [0.717, 1.165) is 5.56 Å². The van der Waals surface area contributed by atoms with Crippen molar-refractivity contribution in [3.63, 3.8) is 0 Å². The van der Waals surface area contributed by atoms with Crippen molar-refractivity contribution in [3.05, 3.63) is 60.4 Å². The van der Waals surface area contributed by atoms with Crippen LogP contribution in [0.4, 0.5) is 10.2 Å². The molecule has 0 radical (unpaired) electrons. The van der Waals surface area contributed by atoms with Gasteiger partial charge in [0.25, 0.3) is 5.91 Å². The molecule has 0 spiro atoms. The van der Waals surface area contributed by atoms with Crippen molar-refractivity contribution in [2.45, 2.75) is 19.4 Å². The van der Waals surface area contributed by atoms with Gasteiger partial charge in [-0.3, -0.25) is 4.79 Å². The molecule has 3 rings (SSSR count). The Hall–Kier alpha value is -3.22. The van der Waals surface area contributed by atoms with Crippen molar-refractivity contribution in [2.75, 3.05) is 5.32 Å². The lowest BCUT2D eigenvalue weighted by molar-refractivity contribution is -0.122. The zero-order valence-electron chi connectivity index (χ0n) is 13.5. The number of benzene rings is 2. The predicted molar refractivity (Wildman–Crippen MR) is 89.5 cm³/mol. The van der Waals surface area contributed by atoms with E-state index in [-0.39, 0.29) is 17.5 Å². The number of hydrogen-bond donors (Lipinski definition) is 1. The summed E-state index contributed by atoms with van der Waals surface area (Å²) in [7, 11) is 0. The van der Waals surface area contributed by atoms with E-state index in [1.54, 1.807) is 0 Å². The van der Waals surface area contributed by atoms with Gasteiger partial charge in [0.2, 0.25) is 5.82 Å². The summed E-state index contributed by atoms with van der Waals surface area (Å²) in [6.07, 6.45) is -0.333. The Morgan fingerprint density at radius 3 is 2.56 bits per heavy atom. The molecule has 2 aromatic carbocycles. The van der Waals surface area contributed by atoms with E-state index in [1.165, 1.54) is 24.3 Å². The first-order chi connectivity index (χ1) is 12.2. The number of nitrogens with one attached hydrogen (secondary N) is 1. The Morgan fingerprint density at radius 1 is 1.16 bits per heavy atom. The first kappa shape index (κ1) is 16.6. The second-order valence-corrected chi connectivity index (χ2v) is 5.29. The molecule has 0 saturated heterocycles. The monoisotopic (exact) mass is 341 g/mol. The fourth-order valence-corrected chi connectivity index (χ4v) is 2.25. The molecule has 1 N–H and O–H groups in total. The van der Waals surface area contributed by atoms with E-state index < -0.39 is 6.10 Å². The number of aromatic nitrogens is 2. The molecule has 0 aliphatic carbocycles. The number of halogens is 1. The van der Waals surface area contributed by atoms with Gasteiger partial charge in [0.15, 0.2) is 11.8 Å². The van der Waals surface area contributed by atoms with Crippen molar-refractivity contribution < 1.29 is 18.6 Å². The van der Waals surface area contributed by atoms with Crippen LogP contribution in [-0.4, -0.2) is 22.3 Å². The topological polar surface area (TPSA) is 77.2 Å². The van der Waals surface area contributed by atoms with Gasteiger partial charge < -0.3 is 10.1 Å². The summed E-state index contributed by atoms with van der Waals surface area (Å²) in [5, 5.41) is 10.2. The van der Waals surface area contributed by atoms with Crippen LogP contribution < -0.4 is 10.1 Å². The van der Waals surface area contributed by atoms with Gasteiger partial charge in [0.1, 0.15) is 11.6 Å². The van der Waals surface area contributed by atoms with Crippen molar-refractivity contribution in [3.8, 4) is 17.0 Å². The fraction of sp³-hybridized carbons (Fsp3) is 0.167. The summed E-state index contributed by atoms with van der Waals surface area (Å²) in [4.78, 5) is 12.5. The number of amides is 1. The van der Waals surface area contributed by atoms with Gasteiger partial charge in [-0.15, -0.1) is 0 Å². The van der Waals surface area contributed by atoms with Crippen LogP contribution in [0.15, 0.2) is 59.2 Å². The van der Waals surface area contributed by atoms with Gasteiger partial charge in [-0.1, -0.05) is 37.3 Å². The van der Waals surface area contributed by atoms with E-state index in [0.29, 0.717) is 17.9 Å². The van der Waals surface area contributed by atoms with Crippen LogP contribution in [0.2, 0.25) is 0 Å². The zero-order valence-corrected chi connectivity index (χ0v) is 13.5. The SMILES string of the molecule is CCC(Oc1ccc(F)cc1)C(=O)Nc1nonc1-c1ccccc1. The van der Waals surface area contributed by atoms with Crippen LogP contribution in [-0.2, 0) is 4.79 Å². The van der Waals surface area contributed by atoms with Crippen molar-refractivity contribution in [2.24, 2.45) is 0 Å². The lowest BCUT2D eigenvalue weighted by Gasteiger charge is -2.16. The largest absolute Gasteiger partial charge is 0.481 e. The van der Waals surface area contributed by atoms with Crippen LogP contribution in [0, 0.1) is 5.82 Å². The number of hydrogen-bond acceptors (Lipinski definition) is 5.